The largest absolute Gasteiger partial charge is 0.510 e. The van der Waals surface area contributed by atoms with Crippen molar-refractivity contribution >= 4 is 70.7 Å². The van der Waals surface area contributed by atoms with E-state index in [1.807, 2.05) is 0 Å². The van der Waals surface area contributed by atoms with Crippen molar-refractivity contribution in [1.29, 1.82) is 0 Å². The molecule has 0 bridgehead atoms. The van der Waals surface area contributed by atoms with Crippen molar-refractivity contribution in [1.82, 2.24) is 19.5 Å². The van der Waals surface area contributed by atoms with E-state index in [2.05, 4.69) is 20.3 Å². The highest BCUT2D eigenvalue weighted by Gasteiger charge is 2.29. The van der Waals surface area contributed by atoms with Crippen LogP contribution in [0.2, 0.25) is 0 Å². The number of nitrogens with one attached hydrogen (secondary N) is 1. The van der Waals surface area contributed by atoms with Crippen molar-refractivity contribution < 1.29 is 85.0 Å². The van der Waals surface area contributed by atoms with Crippen LogP contribution < -0.4 is 25.6 Å². The number of imidazole rings is 1. The van der Waals surface area contributed by atoms with Gasteiger partial charge >= 0.3 is 25.9 Å². The molecule has 3 N–H and O–H groups in total. The highest BCUT2D eigenvalue weighted by atomic mass is 31.2. The lowest BCUT2D eigenvalue weighted by molar-refractivity contribution is -0.0369. The first-order valence-electron chi connectivity index (χ1n) is 20.3. The van der Waals surface area contributed by atoms with E-state index in [1.54, 1.807) is 39.2 Å². The van der Waals surface area contributed by atoms with Gasteiger partial charge in [-0.3, -0.25) is 28.0 Å². The van der Waals surface area contributed by atoms with Crippen LogP contribution in [-0.2, 0) is 43.8 Å². The molecule has 4 aromatic heterocycles. The average Bonchev–Trinajstić information content (AvgIpc) is 3.69. The van der Waals surface area contributed by atoms with Gasteiger partial charge < -0.3 is 62.1 Å². The van der Waals surface area contributed by atoms with E-state index in [0.717, 1.165) is 18.5 Å². The van der Waals surface area contributed by atoms with Gasteiger partial charge in [-0.05, 0) is 58.9 Å². The fraction of sp³-hybridized carbons (Fsp3) is 0.357. The molecule has 25 nitrogen and oxygen atoms in total. The fourth-order valence-electron chi connectivity index (χ4n) is 5.93. The fourth-order valence-corrected chi connectivity index (χ4v) is 7.02. The van der Waals surface area contributed by atoms with E-state index in [-0.39, 0.29) is 70.2 Å². The van der Waals surface area contributed by atoms with E-state index in [9.17, 15) is 43.5 Å². The van der Waals surface area contributed by atoms with E-state index >= 15 is 0 Å². The second-order valence-corrected chi connectivity index (χ2v) is 16.9. The van der Waals surface area contributed by atoms with Crippen LogP contribution in [0.4, 0.5) is 15.4 Å². The Balaban J connectivity index is 1.07. The maximum Gasteiger partial charge on any atom is 0.510 e. The molecule has 6 rings (SSSR count). The Hall–Kier alpha value is -7.44. The van der Waals surface area contributed by atoms with E-state index < -0.39 is 98.5 Å². The number of carboxylic acids is 1. The van der Waals surface area contributed by atoms with Crippen LogP contribution in [0.3, 0.4) is 0 Å². The van der Waals surface area contributed by atoms with Crippen LogP contribution in [0, 0.1) is 0 Å². The van der Waals surface area contributed by atoms with E-state index in [1.165, 1.54) is 42.7 Å². The van der Waals surface area contributed by atoms with Crippen molar-refractivity contribution in [2.24, 2.45) is 0 Å². The summed E-state index contributed by atoms with van der Waals surface area (Å²) in [4.78, 5) is 87.1. The van der Waals surface area contributed by atoms with Gasteiger partial charge in [0.2, 0.25) is 19.3 Å². The van der Waals surface area contributed by atoms with Crippen LogP contribution in [0.5, 0.6) is 11.5 Å². The zero-order chi connectivity index (χ0) is 49.1. The molecule has 0 saturated carbocycles. The number of aromatic nitrogens is 4. The highest BCUT2D eigenvalue weighted by molar-refractivity contribution is 7.53. The first kappa shape index (κ1) is 50.0. The number of nitrogens with zero attached hydrogens (tertiary/aromatic N) is 4. The lowest BCUT2D eigenvalue weighted by atomic mass is 10.2. The third-order valence-electron chi connectivity index (χ3n) is 8.85. The number of carbonyl (C=O) groups excluding carboxylic acids is 3. The minimum Gasteiger partial charge on any atom is -0.490 e. The number of carboxylic acid groups (broad SMARTS) is 1. The Kier molecular flexibility index (Phi) is 16.4. The number of rotatable bonds is 22. The number of aromatic carboxylic acids is 1. The number of amides is 1. The lowest BCUT2D eigenvalue weighted by Gasteiger charge is -2.21. The van der Waals surface area contributed by atoms with E-state index in [0.29, 0.717) is 0 Å². The number of ether oxygens (including phenoxy) is 7. The molecule has 0 spiro atoms. The summed E-state index contributed by atoms with van der Waals surface area (Å²) in [5.74, 6) is -3.22. The van der Waals surface area contributed by atoms with Crippen LogP contribution in [0.15, 0.2) is 79.6 Å². The summed E-state index contributed by atoms with van der Waals surface area (Å²) in [5.41, 5.74) is -0.994. The van der Waals surface area contributed by atoms with E-state index in [4.69, 9.17) is 51.0 Å². The van der Waals surface area contributed by atoms with Gasteiger partial charge in [0, 0.05) is 12.1 Å². The lowest BCUT2D eigenvalue weighted by Crippen LogP contribution is -2.25. The standard InChI is InChI=1S/C42H44N5O20P/c1-22(2)64-41(54)59-19-62-68(56,63-20-60-42(55)65-23(3)4)21-61-24(5)14-47-18-45-36-37(43-17-44-38(36)47)46-39(51)32-12-26(49)34-28(8-6-10-30(34)66-32)57-15-25(48)16-58-29-9-7-11-31-35(29)27(50)13-33(67-31)40(52)53/h6-13,17-18,22-25,48H,14-16,19-21H2,1-5H3,(H,52,53)(H,43,44,46,51)/t24-,25?/m1/s1. The number of fused-ring (bicyclic) bond motifs is 3. The Bertz CT molecular complexity index is 2940. The third kappa shape index (κ3) is 13.1. The Morgan fingerprint density at radius 3 is 1.87 bits per heavy atom. The maximum absolute atomic E-state index is 13.5. The van der Waals surface area contributed by atoms with Gasteiger partial charge in [0.05, 0.1) is 31.2 Å². The zero-order valence-electron chi connectivity index (χ0n) is 36.8. The summed E-state index contributed by atoms with van der Waals surface area (Å²) in [6, 6.07) is 10.5. The number of carbonyl (C=O) groups is 4. The monoisotopic (exact) mass is 969 g/mol. The topological polar surface area (TPSA) is 325 Å². The first-order valence-corrected chi connectivity index (χ1v) is 22.1. The number of benzene rings is 2. The first-order chi connectivity index (χ1) is 32.4. The zero-order valence-corrected chi connectivity index (χ0v) is 37.7. The second-order valence-electron chi connectivity index (χ2n) is 14.9. The number of hydrogen-bond acceptors (Lipinski definition) is 22. The second kappa shape index (κ2) is 22.4. The van der Waals surface area contributed by atoms with Gasteiger partial charge in [-0.25, -0.2) is 29.3 Å². The van der Waals surface area contributed by atoms with Crippen molar-refractivity contribution in [3.63, 3.8) is 0 Å². The van der Waals surface area contributed by atoms with Crippen LogP contribution in [-0.4, -0.2) is 111 Å². The molecule has 0 radical (unpaired) electrons. The molecule has 6 aromatic rings. The van der Waals surface area contributed by atoms with Crippen molar-refractivity contribution in [3.05, 3.63) is 93.2 Å². The smallest absolute Gasteiger partial charge is 0.490 e. The third-order valence-corrected chi connectivity index (χ3v) is 10.3. The molecule has 0 aliphatic rings. The van der Waals surface area contributed by atoms with Crippen molar-refractivity contribution in [2.45, 2.75) is 65.6 Å². The predicted octanol–water partition coefficient (Wildman–Crippen LogP) is 5.44. The molecule has 2 aromatic carbocycles. The molecule has 0 aliphatic carbocycles. The normalized spacial score (nSPS) is 12.5. The SMILES string of the molecule is CC(C)OC(=O)OCOP(=O)(CO[C@H](C)Cn1cnc2c(NC(=O)c3cc(=O)c4c(OCC(O)COc5cccc6oc(C(=O)O)cc(=O)c56)cccc4o3)ncnc21)OCOC(=O)OC(C)C. The van der Waals surface area contributed by atoms with Gasteiger partial charge in [-0.15, -0.1) is 0 Å². The number of aliphatic hydroxyl groups excluding tert-OH is 1. The summed E-state index contributed by atoms with van der Waals surface area (Å²) in [6.07, 6.45) is -3.37. The van der Waals surface area contributed by atoms with Crippen LogP contribution in [0.25, 0.3) is 33.1 Å². The molecule has 26 heteroatoms. The summed E-state index contributed by atoms with van der Waals surface area (Å²) in [6.45, 7) is 5.57. The maximum atomic E-state index is 13.5. The number of aliphatic hydroxyl groups is 1. The molecule has 0 saturated heterocycles. The molecule has 2 atom stereocenters. The molecule has 0 fully saturated rings. The van der Waals surface area contributed by atoms with Gasteiger partial charge in [0.25, 0.3) is 5.91 Å². The molecule has 4 heterocycles. The summed E-state index contributed by atoms with van der Waals surface area (Å²) < 4.78 is 72.9. The molecular formula is C42H44N5O20P. The molecule has 1 unspecified atom stereocenters. The molecule has 0 aliphatic heterocycles. The minimum absolute atomic E-state index is 0.0220. The summed E-state index contributed by atoms with van der Waals surface area (Å²) >= 11 is 0. The Morgan fingerprint density at radius 1 is 0.779 bits per heavy atom. The summed E-state index contributed by atoms with van der Waals surface area (Å²) in [7, 11) is -4.26. The average molecular weight is 970 g/mol. The molecule has 362 valence electrons. The van der Waals surface area contributed by atoms with Crippen LogP contribution in [0.1, 0.15) is 55.7 Å². The predicted molar refractivity (Wildman–Crippen MR) is 233 cm³/mol. The van der Waals surface area contributed by atoms with Crippen LogP contribution >= 0.6 is 7.60 Å². The Morgan fingerprint density at radius 2 is 1.32 bits per heavy atom. The molecule has 1 amide bonds. The van der Waals surface area contributed by atoms with Gasteiger partial charge in [0.15, 0.2) is 33.6 Å². The molecular weight excluding hydrogens is 925 g/mol. The molecule has 68 heavy (non-hydrogen) atoms. The number of hydrogen-bond donors (Lipinski definition) is 3. The Labute approximate surface area is 383 Å². The highest BCUT2D eigenvalue weighted by Crippen LogP contribution is 2.48. The van der Waals surface area contributed by atoms with Gasteiger partial charge in [-0.2, -0.15) is 0 Å². The van der Waals surface area contributed by atoms with Crippen molar-refractivity contribution in [3.8, 4) is 11.5 Å². The minimum atomic E-state index is -4.26. The van der Waals surface area contributed by atoms with Gasteiger partial charge in [-0.1, -0.05) is 12.1 Å². The van der Waals surface area contributed by atoms with Crippen molar-refractivity contribution in [2.75, 3.05) is 38.5 Å². The summed E-state index contributed by atoms with van der Waals surface area (Å²) in [5, 5.41) is 22.4. The number of anilines is 1. The van der Waals surface area contributed by atoms with Gasteiger partial charge in [0.1, 0.15) is 65.4 Å². The quantitative estimate of drug-likeness (QED) is 0.0433.